The van der Waals surface area contributed by atoms with E-state index < -0.39 is 0 Å². The zero-order valence-electron chi connectivity index (χ0n) is 12.8. The van der Waals surface area contributed by atoms with Crippen molar-refractivity contribution >= 4 is 23.0 Å². The number of hydrogen-bond acceptors (Lipinski definition) is 5. The summed E-state index contributed by atoms with van der Waals surface area (Å²) in [5, 5.41) is 0. The lowest BCUT2D eigenvalue weighted by Gasteiger charge is -2.29. The van der Waals surface area contributed by atoms with Crippen LogP contribution in [0, 0.1) is 0 Å². The molecule has 0 radical (unpaired) electrons. The molecule has 19 heavy (non-hydrogen) atoms. The second-order valence-corrected chi connectivity index (χ2v) is 5.04. The van der Waals surface area contributed by atoms with Gasteiger partial charge in [-0.05, 0) is 12.1 Å². The molecule has 1 rings (SSSR count). The summed E-state index contributed by atoms with van der Waals surface area (Å²) in [6.07, 6.45) is 0. The minimum absolute atomic E-state index is 0.323. The van der Waals surface area contributed by atoms with Gasteiger partial charge in [0.05, 0.1) is 29.7 Å². The van der Waals surface area contributed by atoms with E-state index in [-0.39, 0.29) is 5.97 Å². The highest BCUT2D eigenvalue weighted by Gasteiger charge is 2.18. The van der Waals surface area contributed by atoms with Crippen molar-refractivity contribution in [3.63, 3.8) is 0 Å². The molecule has 106 valence electrons. The third kappa shape index (κ3) is 3.10. The number of esters is 1. The first-order valence-corrected chi connectivity index (χ1v) is 6.08. The summed E-state index contributed by atoms with van der Waals surface area (Å²) in [4.78, 5) is 17.8. The fourth-order valence-corrected chi connectivity index (χ4v) is 1.98. The van der Waals surface area contributed by atoms with Gasteiger partial charge in [0.2, 0.25) is 0 Å². The Morgan fingerprint density at radius 3 is 1.58 bits per heavy atom. The molecule has 0 fully saturated rings. The highest BCUT2D eigenvalue weighted by Crippen LogP contribution is 2.37. The van der Waals surface area contributed by atoms with E-state index >= 15 is 0 Å². The maximum absolute atomic E-state index is 11.8. The van der Waals surface area contributed by atoms with E-state index in [0.29, 0.717) is 5.56 Å². The number of benzene rings is 1. The number of nitrogens with zero attached hydrogens (tertiary/aromatic N) is 3. The van der Waals surface area contributed by atoms with Crippen molar-refractivity contribution in [2.24, 2.45) is 0 Å². The van der Waals surface area contributed by atoms with Crippen LogP contribution in [0.4, 0.5) is 17.1 Å². The zero-order valence-corrected chi connectivity index (χ0v) is 12.8. The van der Waals surface area contributed by atoms with Gasteiger partial charge in [-0.25, -0.2) is 4.79 Å². The van der Waals surface area contributed by atoms with Crippen LogP contribution >= 0.6 is 0 Å². The fourth-order valence-electron chi connectivity index (χ4n) is 1.98. The van der Waals surface area contributed by atoms with Gasteiger partial charge >= 0.3 is 5.97 Å². The molecule has 5 nitrogen and oxygen atoms in total. The van der Waals surface area contributed by atoms with Crippen molar-refractivity contribution in [3.8, 4) is 0 Å². The van der Waals surface area contributed by atoms with Crippen LogP contribution in [0.2, 0.25) is 0 Å². The van der Waals surface area contributed by atoms with Gasteiger partial charge in [0.25, 0.3) is 0 Å². The number of carbonyl (C=O) groups is 1. The Morgan fingerprint density at radius 1 is 0.895 bits per heavy atom. The minimum Gasteiger partial charge on any atom is -0.465 e. The first-order valence-electron chi connectivity index (χ1n) is 6.08. The van der Waals surface area contributed by atoms with E-state index in [1.165, 1.54) is 7.11 Å². The van der Waals surface area contributed by atoms with E-state index in [9.17, 15) is 4.79 Å². The van der Waals surface area contributed by atoms with Gasteiger partial charge in [0.1, 0.15) is 0 Å². The molecule has 0 atom stereocenters. The van der Waals surface area contributed by atoms with Gasteiger partial charge in [-0.2, -0.15) is 0 Å². The highest BCUT2D eigenvalue weighted by atomic mass is 16.5. The van der Waals surface area contributed by atoms with Crippen molar-refractivity contribution in [1.82, 2.24) is 0 Å². The Hall–Kier alpha value is -1.91. The average Bonchev–Trinajstić information content (AvgIpc) is 2.35. The van der Waals surface area contributed by atoms with E-state index in [1.807, 2.05) is 69.1 Å². The van der Waals surface area contributed by atoms with Crippen LogP contribution < -0.4 is 14.7 Å². The summed E-state index contributed by atoms with van der Waals surface area (Å²) < 4.78 is 4.82. The predicted octanol–water partition coefficient (Wildman–Crippen LogP) is 1.67. The van der Waals surface area contributed by atoms with Crippen molar-refractivity contribution in [2.45, 2.75) is 0 Å². The Bertz CT molecular complexity index is 439. The first-order chi connectivity index (χ1) is 8.79. The summed E-state index contributed by atoms with van der Waals surface area (Å²) in [6.45, 7) is 0. The molecular weight excluding hydrogens is 242 g/mol. The smallest absolute Gasteiger partial charge is 0.338 e. The molecule has 0 N–H and O–H groups in total. The molecule has 0 aliphatic heterocycles. The minimum atomic E-state index is -0.323. The van der Waals surface area contributed by atoms with Gasteiger partial charge in [0, 0.05) is 42.3 Å². The summed E-state index contributed by atoms with van der Waals surface area (Å²) in [5.74, 6) is -0.323. The van der Waals surface area contributed by atoms with E-state index in [1.54, 1.807) is 0 Å². The summed E-state index contributed by atoms with van der Waals surface area (Å²) in [7, 11) is 13.2. The molecule has 1 aromatic carbocycles. The highest BCUT2D eigenvalue weighted by molar-refractivity contribution is 5.96. The third-order valence-electron chi connectivity index (χ3n) is 2.90. The molecule has 0 amide bonds. The molecule has 0 bridgehead atoms. The van der Waals surface area contributed by atoms with Gasteiger partial charge in [-0.3, -0.25) is 0 Å². The topological polar surface area (TPSA) is 36.0 Å². The van der Waals surface area contributed by atoms with Gasteiger partial charge in [-0.15, -0.1) is 0 Å². The van der Waals surface area contributed by atoms with E-state index in [2.05, 4.69) is 0 Å². The second-order valence-electron chi connectivity index (χ2n) is 5.04. The number of anilines is 3. The van der Waals surface area contributed by atoms with Crippen LogP contribution in [0.1, 0.15) is 10.4 Å². The monoisotopic (exact) mass is 265 g/mol. The first kappa shape index (κ1) is 15.1. The molecule has 0 saturated heterocycles. The Morgan fingerprint density at radius 2 is 1.32 bits per heavy atom. The Labute approximate surface area is 115 Å². The van der Waals surface area contributed by atoms with Crippen LogP contribution in [0.25, 0.3) is 0 Å². The molecule has 0 aliphatic rings. The largest absolute Gasteiger partial charge is 0.465 e. The normalized spacial score (nSPS) is 10.1. The fraction of sp³-hybridized carbons (Fsp3) is 0.500. The second kappa shape index (κ2) is 5.82. The molecule has 1 aromatic rings. The molecular formula is C14H23N3O2. The van der Waals surface area contributed by atoms with E-state index in [4.69, 9.17) is 4.74 Å². The Kier molecular flexibility index (Phi) is 4.64. The maximum atomic E-state index is 11.8. The lowest BCUT2D eigenvalue weighted by Crippen LogP contribution is -2.22. The van der Waals surface area contributed by atoms with Crippen LogP contribution in [0.5, 0.6) is 0 Å². The number of carbonyl (C=O) groups excluding carboxylic acids is 1. The van der Waals surface area contributed by atoms with Crippen molar-refractivity contribution < 1.29 is 9.53 Å². The summed E-state index contributed by atoms with van der Waals surface area (Å²) in [6, 6.07) is 3.71. The van der Waals surface area contributed by atoms with Crippen molar-refractivity contribution in [2.75, 3.05) is 64.1 Å². The molecule has 0 saturated carbocycles. The van der Waals surface area contributed by atoms with Crippen LogP contribution in [0.3, 0.4) is 0 Å². The van der Waals surface area contributed by atoms with Crippen molar-refractivity contribution in [1.29, 1.82) is 0 Å². The third-order valence-corrected chi connectivity index (χ3v) is 2.90. The van der Waals surface area contributed by atoms with Gasteiger partial charge in [-0.1, -0.05) is 0 Å². The summed E-state index contributed by atoms with van der Waals surface area (Å²) >= 11 is 0. The maximum Gasteiger partial charge on any atom is 0.338 e. The molecule has 0 spiro atoms. The lowest BCUT2D eigenvalue weighted by atomic mass is 10.1. The molecule has 0 unspecified atom stereocenters. The van der Waals surface area contributed by atoms with E-state index in [0.717, 1.165) is 17.1 Å². The molecule has 0 aliphatic carbocycles. The van der Waals surface area contributed by atoms with Crippen molar-refractivity contribution in [3.05, 3.63) is 17.7 Å². The SMILES string of the molecule is COC(=O)c1cc(N(C)C)c(N(C)C)c(N(C)C)c1. The number of hydrogen-bond donors (Lipinski definition) is 0. The van der Waals surface area contributed by atoms with Gasteiger partial charge < -0.3 is 19.4 Å². The Balaban J connectivity index is 3.57. The molecule has 0 heterocycles. The number of rotatable bonds is 4. The average molecular weight is 265 g/mol. The van der Waals surface area contributed by atoms with Gasteiger partial charge in [0.15, 0.2) is 0 Å². The lowest BCUT2D eigenvalue weighted by molar-refractivity contribution is 0.0601. The molecule has 0 aromatic heterocycles. The number of methoxy groups -OCH3 is 1. The zero-order chi connectivity index (χ0) is 14.7. The standard InChI is InChI=1S/C14H23N3O2/c1-15(2)11-8-10(14(18)19-7)9-12(16(3)4)13(11)17(5)6/h8-9H,1-7H3. The van der Waals surface area contributed by atoms with Crippen LogP contribution in [-0.4, -0.2) is 55.4 Å². The number of ether oxygens (including phenoxy) is 1. The van der Waals surface area contributed by atoms with Crippen LogP contribution in [0.15, 0.2) is 12.1 Å². The molecule has 5 heteroatoms. The quantitative estimate of drug-likeness (QED) is 0.774. The predicted molar refractivity (Wildman–Crippen MR) is 80.8 cm³/mol. The summed E-state index contributed by atoms with van der Waals surface area (Å²) in [5.41, 5.74) is 3.59. The van der Waals surface area contributed by atoms with Crippen LogP contribution in [-0.2, 0) is 4.74 Å².